The molecule has 2 aromatic rings. The zero-order valence-corrected chi connectivity index (χ0v) is 31.2. The SMILES string of the molecule is CC(C)(C)OC(=O)C[C@H]1CCCCC/C=C\[C@@H]2C[C@@]2(C(=O)NS(=O)(=O)C2CC2)NC(=O)[C@@H]2[C@H]3CN(Cc4ccc5ccccc5n4)C[C@H]3CN2C1=O. The van der Waals surface area contributed by atoms with Crippen molar-refractivity contribution in [3.63, 3.8) is 0 Å². The van der Waals surface area contributed by atoms with Crippen LogP contribution in [0.2, 0.25) is 0 Å². The van der Waals surface area contributed by atoms with Crippen LogP contribution in [0.3, 0.4) is 0 Å². The van der Waals surface area contributed by atoms with Crippen LogP contribution in [-0.2, 0) is 40.5 Å². The van der Waals surface area contributed by atoms with Crippen LogP contribution in [0.25, 0.3) is 10.9 Å². The first-order valence-electron chi connectivity index (χ1n) is 18.9. The lowest BCUT2D eigenvalue weighted by Crippen LogP contribution is -2.58. The minimum Gasteiger partial charge on any atom is -0.460 e. The number of rotatable bonds is 7. The normalized spacial score (nSPS) is 30.7. The molecule has 5 aliphatic rings. The largest absolute Gasteiger partial charge is 0.460 e. The maximum atomic E-state index is 14.6. The van der Waals surface area contributed by atoms with Crippen LogP contribution < -0.4 is 10.0 Å². The third-order valence-corrected chi connectivity index (χ3v) is 13.1. The van der Waals surface area contributed by atoms with Gasteiger partial charge in [0.1, 0.15) is 17.2 Å². The van der Waals surface area contributed by atoms with Gasteiger partial charge < -0.3 is 15.0 Å². The molecule has 7 rings (SSSR count). The second-order valence-electron chi connectivity index (χ2n) is 16.5. The van der Waals surface area contributed by atoms with Gasteiger partial charge in [0.2, 0.25) is 21.8 Å². The Kier molecular flexibility index (Phi) is 9.96. The molecule has 1 aromatic heterocycles. The molecular formula is C39H51N5O7S. The number of allylic oxidation sites excluding steroid dienone is 1. The van der Waals surface area contributed by atoms with Crippen molar-refractivity contribution in [3.8, 4) is 0 Å². The van der Waals surface area contributed by atoms with E-state index in [0.29, 0.717) is 45.4 Å². The number of amides is 3. The summed E-state index contributed by atoms with van der Waals surface area (Å²) >= 11 is 0. The molecule has 1 aromatic carbocycles. The van der Waals surface area contributed by atoms with Gasteiger partial charge in [-0.3, -0.25) is 33.8 Å². The Bertz CT molecular complexity index is 1870. The van der Waals surface area contributed by atoms with Gasteiger partial charge >= 0.3 is 5.97 Å². The number of fused-ring (bicyclic) bond motifs is 5. The number of pyridine rings is 1. The van der Waals surface area contributed by atoms with E-state index in [2.05, 4.69) is 21.0 Å². The predicted octanol–water partition coefficient (Wildman–Crippen LogP) is 3.85. The Morgan fingerprint density at radius 2 is 1.81 bits per heavy atom. The molecule has 6 atom stereocenters. The number of nitrogens with one attached hydrogen (secondary N) is 2. The fourth-order valence-corrected chi connectivity index (χ4v) is 9.80. The second kappa shape index (κ2) is 14.2. The lowest BCUT2D eigenvalue weighted by atomic mass is 9.92. The third-order valence-electron chi connectivity index (χ3n) is 11.3. The van der Waals surface area contributed by atoms with Gasteiger partial charge in [-0.2, -0.15) is 0 Å². The van der Waals surface area contributed by atoms with Gasteiger partial charge in [0.15, 0.2) is 0 Å². The molecule has 3 amide bonds. The number of ether oxygens (including phenoxy) is 1. The van der Waals surface area contributed by atoms with Gasteiger partial charge in [-0.1, -0.05) is 49.3 Å². The number of carbonyl (C=O) groups excluding carboxylic acids is 4. The molecule has 0 spiro atoms. The Hall–Kier alpha value is -3.84. The highest BCUT2D eigenvalue weighted by atomic mass is 32.2. The van der Waals surface area contributed by atoms with E-state index in [9.17, 15) is 27.6 Å². The van der Waals surface area contributed by atoms with Crippen LogP contribution >= 0.6 is 0 Å². The van der Waals surface area contributed by atoms with E-state index < -0.39 is 56.2 Å². The van der Waals surface area contributed by atoms with Crippen LogP contribution in [0.15, 0.2) is 48.6 Å². The van der Waals surface area contributed by atoms with Gasteiger partial charge in [-0.05, 0) is 77.3 Å². The molecule has 2 saturated carbocycles. The van der Waals surface area contributed by atoms with E-state index >= 15 is 0 Å². The minimum absolute atomic E-state index is 0.0175. The number of esters is 1. The molecule has 52 heavy (non-hydrogen) atoms. The summed E-state index contributed by atoms with van der Waals surface area (Å²) in [7, 11) is -3.85. The van der Waals surface area contributed by atoms with Crippen molar-refractivity contribution >= 4 is 44.6 Å². The van der Waals surface area contributed by atoms with E-state index in [4.69, 9.17) is 9.72 Å². The summed E-state index contributed by atoms with van der Waals surface area (Å²) in [6.07, 6.45) is 8.81. The third kappa shape index (κ3) is 7.90. The van der Waals surface area contributed by atoms with Gasteiger partial charge in [-0.25, -0.2) is 8.42 Å². The highest BCUT2D eigenvalue weighted by Crippen LogP contribution is 2.47. The van der Waals surface area contributed by atoms with Crippen molar-refractivity contribution < 1.29 is 32.3 Å². The average Bonchev–Trinajstić information content (AvgIpc) is 3.97. The van der Waals surface area contributed by atoms with E-state index in [1.807, 2.05) is 42.5 Å². The average molecular weight is 734 g/mol. The quantitative estimate of drug-likeness (QED) is 0.319. The number of hydrogen-bond donors (Lipinski definition) is 2. The number of aromatic nitrogens is 1. The minimum atomic E-state index is -3.85. The summed E-state index contributed by atoms with van der Waals surface area (Å²) in [4.78, 5) is 64.8. The van der Waals surface area contributed by atoms with Crippen molar-refractivity contribution in [2.75, 3.05) is 19.6 Å². The highest BCUT2D eigenvalue weighted by molar-refractivity contribution is 7.91. The van der Waals surface area contributed by atoms with Crippen LogP contribution in [0.5, 0.6) is 0 Å². The predicted molar refractivity (Wildman–Crippen MR) is 195 cm³/mol. The number of sulfonamides is 1. The maximum Gasteiger partial charge on any atom is 0.307 e. The second-order valence-corrected chi connectivity index (χ2v) is 18.5. The molecule has 280 valence electrons. The fraction of sp³-hybridized carbons (Fsp3) is 0.615. The van der Waals surface area contributed by atoms with Crippen molar-refractivity contribution in [2.24, 2.45) is 23.7 Å². The number of hydrogen-bond acceptors (Lipinski definition) is 9. The molecular weight excluding hydrogens is 683 g/mol. The smallest absolute Gasteiger partial charge is 0.307 e. The van der Waals surface area contributed by atoms with E-state index in [-0.39, 0.29) is 36.5 Å². The Balaban J connectivity index is 1.17. The number of carbonyl (C=O) groups is 4. The lowest BCUT2D eigenvalue weighted by Gasteiger charge is -2.33. The zero-order chi connectivity index (χ0) is 36.8. The van der Waals surface area contributed by atoms with Gasteiger partial charge in [0, 0.05) is 49.3 Å². The summed E-state index contributed by atoms with van der Waals surface area (Å²) in [5, 5.41) is 3.48. The zero-order valence-electron chi connectivity index (χ0n) is 30.4. The Morgan fingerprint density at radius 3 is 2.58 bits per heavy atom. The summed E-state index contributed by atoms with van der Waals surface area (Å²) in [5.74, 6) is -3.16. The summed E-state index contributed by atoms with van der Waals surface area (Å²) < 4.78 is 33.7. The van der Waals surface area contributed by atoms with Crippen molar-refractivity contribution in [3.05, 3.63) is 54.2 Å². The molecule has 0 radical (unpaired) electrons. The van der Waals surface area contributed by atoms with Crippen molar-refractivity contribution in [1.82, 2.24) is 24.8 Å². The number of para-hydroxylation sites is 1. The number of likely N-dealkylation sites (tertiary alicyclic amines) is 1. The van der Waals surface area contributed by atoms with Gasteiger partial charge in [-0.15, -0.1) is 0 Å². The molecule has 2 N–H and O–H groups in total. The summed E-state index contributed by atoms with van der Waals surface area (Å²) in [6.45, 7) is 7.50. The van der Waals surface area contributed by atoms with E-state index in [1.54, 1.807) is 25.7 Å². The summed E-state index contributed by atoms with van der Waals surface area (Å²) in [5.41, 5.74) is -0.304. The van der Waals surface area contributed by atoms with Crippen molar-refractivity contribution in [2.45, 2.75) is 108 Å². The first-order valence-corrected chi connectivity index (χ1v) is 20.4. The molecule has 0 bridgehead atoms. The fourth-order valence-electron chi connectivity index (χ4n) is 8.43. The topological polar surface area (TPSA) is 155 Å². The van der Waals surface area contributed by atoms with Gasteiger partial charge in [0.05, 0.1) is 22.9 Å². The highest BCUT2D eigenvalue weighted by Gasteiger charge is 2.63. The lowest BCUT2D eigenvalue weighted by molar-refractivity contribution is -0.159. The molecule has 2 saturated heterocycles. The number of benzene rings is 1. The van der Waals surface area contributed by atoms with Crippen molar-refractivity contribution in [1.29, 1.82) is 0 Å². The molecule has 0 unspecified atom stereocenters. The Labute approximate surface area is 306 Å². The van der Waals surface area contributed by atoms with Crippen LogP contribution in [0.4, 0.5) is 0 Å². The standard InChI is InChI=1S/C39H51N5O7S/c1-38(2,3)51-33(45)19-26-12-7-5-4-6-8-13-28-20-39(28,37(48)42-52(49,50)30-17-18-30)41-35(46)34-31-24-43(21-27(31)22-44(34)36(26)47)23-29-16-15-25-11-9-10-14-32(25)40-29/h8-11,13-16,26-28,30-31,34H,4-7,12,17-24H2,1-3H3,(H,41,46)(H,42,48)/b13-8-/t26-,27+,28-,31+,34+,39-/m1/s1. The molecule has 3 aliphatic heterocycles. The Morgan fingerprint density at radius 1 is 1.02 bits per heavy atom. The molecule has 2 aliphatic carbocycles. The monoisotopic (exact) mass is 733 g/mol. The van der Waals surface area contributed by atoms with Gasteiger partial charge in [0.25, 0.3) is 5.91 Å². The molecule has 13 heteroatoms. The molecule has 4 heterocycles. The molecule has 4 fully saturated rings. The van der Waals surface area contributed by atoms with E-state index in [0.717, 1.165) is 42.3 Å². The van der Waals surface area contributed by atoms with E-state index in [1.165, 1.54) is 0 Å². The van der Waals surface area contributed by atoms with Crippen LogP contribution in [0.1, 0.15) is 84.3 Å². The van der Waals surface area contributed by atoms with Crippen LogP contribution in [0, 0.1) is 23.7 Å². The first kappa shape index (κ1) is 36.5. The van der Waals surface area contributed by atoms with Crippen LogP contribution in [-0.4, -0.2) is 89.0 Å². The maximum absolute atomic E-state index is 14.6. The summed E-state index contributed by atoms with van der Waals surface area (Å²) in [6, 6.07) is 11.1. The molecule has 12 nitrogen and oxygen atoms in total. The first-order chi connectivity index (χ1) is 24.7. The number of nitrogens with zero attached hydrogens (tertiary/aromatic N) is 3.